The standard InChI is InChI=1S/C20H51NO5Si5/c1-27(2,3)22-17-19(24-29(7,8)9)20(25-30(10,11)12)18(23-28(4,5)6)16-21-26-31(13,14)15/h16,18-20H,17H2,1-15H3/b21-16+. The molecule has 0 amide bonds. The summed E-state index contributed by atoms with van der Waals surface area (Å²) in [4.78, 5) is 0. The average molecular weight is 526 g/mol. The van der Waals surface area contributed by atoms with Gasteiger partial charge in [0.15, 0.2) is 33.3 Å². The van der Waals surface area contributed by atoms with E-state index in [-0.39, 0.29) is 18.3 Å². The zero-order chi connectivity index (χ0) is 24.9. The van der Waals surface area contributed by atoms with Gasteiger partial charge in [0.2, 0.25) is 0 Å². The fraction of sp³-hybridized carbons (Fsp3) is 0.950. The summed E-state index contributed by atoms with van der Waals surface area (Å²) >= 11 is 0. The Bertz CT molecular complexity index is 557. The maximum atomic E-state index is 6.74. The Labute approximate surface area is 198 Å². The Hall–Kier alpha value is 0.394. The van der Waals surface area contributed by atoms with Gasteiger partial charge in [-0.1, -0.05) is 0 Å². The molecule has 11 heteroatoms. The predicted molar refractivity (Wildman–Crippen MR) is 147 cm³/mol. The van der Waals surface area contributed by atoms with Crippen molar-refractivity contribution in [1.82, 2.24) is 0 Å². The first-order valence-electron chi connectivity index (χ1n) is 11.4. The lowest BCUT2D eigenvalue weighted by Crippen LogP contribution is -2.55. The van der Waals surface area contributed by atoms with Gasteiger partial charge in [0.25, 0.3) is 8.32 Å². The SMILES string of the molecule is C[Si](C)(C)OCC(O[Si](C)(C)C)C(O[Si](C)(C)C)C(/C=N/O[Si](C)(C)C)O[Si](C)(C)C. The molecule has 0 saturated heterocycles. The van der Waals surface area contributed by atoms with Gasteiger partial charge >= 0.3 is 0 Å². The van der Waals surface area contributed by atoms with Crippen LogP contribution < -0.4 is 0 Å². The molecule has 0 aromatic rings. The van der Waals surface area contributed by atoms with E-state index in [2.05, 4.69) is 103 Å². The van der Waals surface area contributed by atoms with Gasteiger partial charge in [-0.3, -0.25) is 0 Å². The van der Waals surface area contributed by atoms with E-state index in [0.717, 1.165) is 0 Å². The third kappa shape index (κ3) is 18.5. The van der Waals surface area contributed by atoms with Crippen LogP contribution in [0.4, 0.5) is 0 Å². The molecule has 0 saturated carbocycles. The highest BCUT2D eigenvalue weighted by Gasteiger charge is 2.40. The lowest BCUT2D eigenvalue weighted by molar-refractivity contribution is -0.0279. The van der Waals surface area contributed by atoms with Crippen LogP contribution in [0.2, 0.25) is 98.2 Å². The Morgan fingerprint density at radius 3 is 1.39 bits per heavy atom. The normalized spacial score (nSPS) is 17.6. The minimum Gasteiger partial charge on any atom is -0.456 e. The largest absolute Gasteiger partial charge is 0.456 e. The van der Waals surface area contributed by atoms with E-state index in [1.54, 1.807) is 6.21 Å². The lowest BCUT2D eigenvalue weighted by Gasteiger charge is -2.41. The number of hydrogen-bond donors (Lipinski definition) is 0. The first-order chi connectivity index (χ1) is 13.5. The summed E-state index contributed by atoms with van der Waals surface area (Å²) in [6.45, 7) is 33.2. The summed E-state index contributed by atoms with van der Waals surface area (Å²) in [6.07, 6.45) is 0.942. The van der Waals surface area contributed by atoms with Gasteiger partial charge in [0.1, 0.15) is 12.2 Å². The van der Waals surface area contributed by atoms with Crippen LogP contribution in [0.1, 0.15) is 0 Å². The molecule has 0 radical (unpaired) electrons. The molecular formula is C20H51NO5Si5. The zero-order valence-corrected chi connectivity index (χ0v) is 28.0. The van der Waals surface area contributed by atoms with Crippen molar-refractivity contribution in [3.63, 3.8) is 0 Å². The highest BCUT2D eigenvalue weighted by molar-refractivity contribution is 6.71. The van der Waals surface area contributed by atoms with Crippen LogP contribution in [0, 0.1) is 0 Å². The second-order valence-corrected chi connectivity index (χ2v) is 35.3. The molecule has 3 unspecified atom stereocenters. The van der Waals surface area contributed by atoms with E-state index in [1.807, 2.05) is 0 Å². The molecular weight excluding hydrogens is 475 g/mol. The van der Waals surface area contributed by atoms with Gasteiger partial charge in [-0.2, -0.15) is 0 Å². The van der Waals surface area contributed by atoms with Gasteiger partial charge in [0, 0.05) is 0 Å². The maximum absolute atomic E-state index is 6.74. The molecule has 0 aliphatic rings. The first kappa shape index (κ1) is 31.4. The fourth-order valence-electron chi connectivity index (χ4n) is 2.58. The van der Waals surface area contributed by atoms with Crippen LogP contribution in [0.3, 0.4) is 0 Å². The molecule has 31 heavy (non-hydrogen) atoms. The van der Waals surface area contributed by atoms with Crippen LogP contribution in [0.15, 0.2) is 5.16 Å². The highest BCUT2D eigenvalue weighted by Crippen LogP contribution is 2.24. The number of hydrogen-bond acceptors (Lipinski definition) is 6. The van der Waals surface area contributed by atoms with Crippen LogP contribution >= 0.6 is 0 Å². The van der Waals surface area contributed by atoms with Gasteiger partial charge in [-0.25, -0.2) is 0 Å². The summed E-state index contributed by atoms with van der Waals surface area (Å²) in [6, 6.07) is 0. The minimum absolute atomic E-state index is 0.218. The van der Waals surface area contributed by atoms with Crippen LogP contribution in [-0.2, 0) is 22.2 Å². The van der Waals surface area contributed by atoms with Crippen molar-refractivity contribution in [2.24, 2.45) is 5.16 Å². The highest BCUT2D eigenvalue weighted by atomic mass is 28.4. The topological polar surface area (TPSA) is 58.5 Å². The summed E-state index contributed by atoms with van der Waals surface area (Å²) in [5, 5.41) is 4.36. The molecule has 0 aliphatic heterocycles. The summed E-state index contributed by atoms with van der Waals surface area (Å²) in [5.74, 6) is 0. The Morgan fingerprint density at radius 2 is 1.03 bits per heavy atom. The van der Waals surface area contributed by atoms with Gasteiger partial charge < -0.3 is 22.2 Å². The smallest absolute Gasteiger partial charge is 0.278 e. The van der Waals surface area contributed by atoms with Gasteiger partial charge in [0.05, 0.1) is 18.9 Å². The number of rotatable bonds is 14. The molecule has 6 nitrogen and oxygen atoms in total. The van der Waals surface area contributed by atoms with Crippen molar-refractivity contribution in [3.05, 3.63) is 0 Å². The molecule has 0 rings (SSSR count). The van der Waals surface area contributed by atoms with Crippen molar-refractivity contribution in [3.8, 4) is 0 Å². The average Bonchev–Trinajstić information content (AvgIpc) is 2.42. The van der Waals surface area contributed by atoms with Crippen molar-refractivity contribution < 1.29 is 22.2 Å². The molecule has 0 aliphatic carbocycles. The van der Waals surface area contributed by atoms with Crippen molar-refractivity contribution in [1.29, 1.82) is 0 Å². The van der Waals surface area contributed by atoms with Crippen molar-refractivity contribution in [2.75, 3.05) is 6.61 Å². The van der Waals surface area contributed by atoms with Gasteiger partial charge in [-0.05, 0) is 98.2 Å². The number of oxime groups is 1. The quantitative estimate of drug-likeness (QED) is 0.150. The van der Waals surface area contributed by atoms with Crippen LogP contribution in [0.25, 0.3) is 0 Å². The monoisotopic (exact) mass is 525 g/mol. The number of nitrogens with zero attached hydrogens (tertiary/aromatic N) is 1. The van der Waals surface area contributed by atoms with E-state index in [0.29, 0.717) is 6.61 Å². The fourth-order valence-corrected chi connectivity index (χ4v) is 6.85. The van der Waals surface area contributed by atoms with E-state index < -0.39 is 41.6 Å². The second kappa shape index (κ2) is 11.7. The summed E-state index contributed by atoms with van der Waals surface area (Å²) in [5.41, 5.74) is 0. The molecule has 3 atom stereocenters. The third-order valence-electron chi connectivity index (χ3n) is 3.39. The zero-order valence-electron chi connectivity index (χ0n) is 23.0. The summed E-state index contributed by atoms with van der Waals surface area (Å²) in [7, 11) is -9.18. The van der Waals surface area contributed by atoms with Crippen molar-refractivity contribution >= 4 is 47.8 Å². The van der Waals surface area contributed by atoms with E-state index in [4.69, 9.17) is 22.2 Å². The molecule has 0 heterocycles. The molecule has 0 fully saturated rings. The summed E-state index contributed by atoms with van der Waals surface area (Å²) < 4.78 is 32.1. The Kier molecular flexibility index (Phi) is 11.8. The second-order valence-electron chi connectivity index (χ2n) is 13.0. The third-order valence-corrected chi connectivity index (χ3v) is 8.04. The van der Waals surface area contributed by atoms with E-state index >= 15 is 0 Å². The van der Waals surface area contributed by atoms with E-state index in [1.165, 1.54) is 0 Å². The molecule has 0 N–H and O–H groups in total. The minimum atomic E-state index is -1.91. The lowest BCUT2D eigenvalue weighted by atomic mass is 10.1. The Balaban J connectivity index is 6.19. The molecule has 0 aromatic carbocycles. The molecule has 0 spiro atoms. The molecule has 0 aromatic heterocycles. The predicted octanol–water partition coefficient (Wildman–Crippen LogP) is 6.34. The Morgan fingerprint density at radius 1 is 0.581 bits per heavy atom. The maximum Gasteiger partial charge on any atom is 0.278 e. The van der Waals surface area contributed by atoms with E-state index in [9.17, 15) is 0 Å². The van der Waals surface area contributed by atoms with Crippen LogP contribution in [0.5, 0.6) is 0 Å². The first-order valence-corrected chi connectivity index (χ1v) is 28.4. The van der Waals surface area contributed by atoms with Gasteiger partial charge in [-0.15, -0.1) is 5.16 Å². The molecule has 0 bridgehead atoms. The van der Waals surface area contributed by atoms with Crippen LogP contribution in [-0.4, -0.2) is 72.7 Å². The molecule has 186 valence electrons. The van der Waals surface area contributed by atoms with Crippen molar-refractivity contribution in [2.45, 2.75) is 117 Å².